The maximum Gasteiger partial charge on any atom is 0.0162 e. The van der Waals surface area contributed by atoms with Gasteiger partial charge in [0.05, 0.1) is 0 Å². The van der Waals surface area contributed by atoms with Crippen LogP contribution in [-0.4, -0.2) is 13.1 Å². The van der Waals surface area contributed by atoms with Gasteiger partial charge in [-0.25, -0.2) is 0 Å². The summed E-state index contributed by atoms with van der Waals surface area (Å²) in [6.07, 6.45) is 2.31. The topological polar surface area (TPSA) is 12.0 Å². The van der Waals surface area contributed by atoms with E-state index < -0.39 is 0 Å². The molecule has 0 unspecified atom stereocenters. The van der Waals surface area contributed by atoms with Crippen LogP contribution in [0.15, 0.2) is 11.6 Å². The third kappa shape index (κ3) is 7.80. The second-order valence-corrected chi connectivity index (χ2v) is 4.28. The molecule has 0 aromatic rings. The Morgan fingerprint density at radius 1 is 1.25 bits per heavy atom. The Labute approximate surface area is 77.2 Å². The van der Waals surface area contributed by atoms with E-state index >= 15 is 0 Å². The van der Waals surface area contributed by atoms with Gasteiger partial charge in [0.2, 0.25) is 0 Å². The van der Waals surface area contributed by atoms with Crippen molar-refractivity contribution in [3.05, 3.63) is 11.6 Å². The SMILES string of the molecule is CC(=CC(C)C)CNCC(C)C. The molecule has 0 bridgehead atoms. The quantitative estimate of drug-likeness (QED) is 0.624. The first-order chi connectivity index (χ1) is 5.52. The minimum atomic E-state index is 0.672. The van der Waals surface area contributed by atoms with Gasteiger partial charge in [0.25, 0.3) is 0 Å². The third-order valence-electron chi connectivity index (χ3n) is 1.57. The van der Waals surface area contributed by atoms with Gasteiger partial charge in [0.15, 0.2) is 0 Å². The van der Waals surface area contributed by atoms with Crippen molar-refractivity contribution in [3.63, 3.8) is 0 Å². The highest BCUT2D eigenvalue weighted by Gasteiger charge is 1.94. The molecule has 0 aromatic heterocycles. The van der Waals surface area contributed by atoms with Gasteiger partial charge < -0.3 is 5.32 Å². The largest absolute Gasteiger partial charge is 0.313 e. The fourth-order valence-electron chi connectivity index (χ4n) is 1.19. The van der Waals surface area contributed by atoms with E-state index in [1.165, 1.54) is 5.57 Å². The van der Waals surface area contributed by atoms with Crippen LogP contribution >= 0.6 is 0 Å². The van der Waals surface area contributed by atoms with Crippen LogP contribution in [-0.2, 0) is 0 Å². The summed E-state index contributed by atoms with van der Waals surface area (Å²) in [4.78, 5) is 0. The van der Waals surface area contributed by atoms with E-state index in [1.807, 2.05) is 0 Å². The molecule has 0 amide bonds. The normalized spacial score (nSPS) is 13.1. The molecular formula is C11H23N. The molecule has 1 N–H and O–H groups in total. The predicted molar refractivity (Wildman–Crippen MR) is 56.3 cm³/mol. The molecular weight excluding hydrogens is 146 g/mol. The van der Waals surface area contributed by atoms with E-state index in [4.69, 9.17) is 0 Å². The average molecular weight is 169 g/mol. The molecule has 0 aliphatic heterocycles. The Morgan fingerprint density at radius 2 is 1.83 bits per heavy atom. The molecule has 0 saturated carbocycles. The molecule has 1 heteroatoms. The van der Waals surface area contributed by atoms with Crippen molar-refractivity contribution in [1.29, 1.82) is 0 Å². The standard InChI is InChI=1S/C11H23N/c1-9(2)6-11(5)8-12-7-10(3)4/h6,9-10,12H,7-8H2,1-5H3. The van der Waals surface area contributed by atoms with Crippen LogP contribution in [0.5, 0.6) is 0 Å². The first kappa shape index (κ1) is 11.7. The van der Waals surface area contributed by atoms with Crippen LogP contribution in [0.3, 0.4) is 0 Å². The second-order valence-electron chi connectivity index (χ2n) is 4.28. The highest BCUT2D eigenvalue weighted by molar-refractivity contribution is 5.01. The first-order valence-corrected chi connectivity index (χ1v) is 4.90. The fourth-order valence-corrected chi connectivity index (χ4v) is 1.19. The summed E-state index contributed by atoms with van der Waals surface area (Å²) in [5.41, 5.74) is 1.45. The maximum atomic E-state index is 3.42. The van der Waals surface area contributed by atoms with Gasteiger partial charge in [-0.2, -0.15) is 0 Å². The number of allylic oxidation sites excluding steroid dienone is 1. The molecule has 0 radical (unpaired) electrons. The summed E-state index contributed by atoms with van der Waals surface area (Å²) < 4.78 is 0. The number of hydrogen-bond donors (Lipinski definition) is 1. The van der Waals surface area contributed by atoms with Gasteiger partial charge in [0, 0.05) is 6.54 Å². The van der Waals surface area contributed by atoms with Crippen molar-refractivity contribution in [1.82, 2.24) is 5.32 Å². The van der Waals surface area contributed by atoms with Gasteiger partial charge in [-0.3, -0.25) is 0 Å². The molecule has 0 heterocycles. The average Bonchev–Trinajstić information content (AvgIpc) is 1.84. The van der Waals surface area contributed by atoms with Crippen LogP contribution in [0.1, 0.15) is 34.6 Å². The smallest absolute Gasteiger partial charge is 0.0162 e. The molecule has 0 aliphatic carbocycles. The van der Waals surface area contributed by atoms with Crippen molar-refractivity contribution in [2.75, 3.05) is 13.1 Å². The van der Waals surface area contributed by atoms with Crippen LogP contribution in [0.2, 0.25) is 0 Å². The Balaban J connectivity index is 3.50. The number of nitrogens with one attached hydrogen (secondary N) is 1. The van der Waals surface area contributed by atoms with E-state index in [9.17, 15) is 0 Å². The van der Waals surface area contributed by atoms with Crippen LogP contribution in [0.4, 0.5) is 0 Å². The molecule has 0 fully saturated rings. The minimum absolute atomic E-state index is 0.672. The highest BCUT2D eigenvalue weighted by atomic mass is 14.8. The molecule has 72 valence electrons. The summed E-state index contributed by atoms with van der Waals surface area (Å²) in [6, 6.07) is 0. The van der Waals surface area contributed by atoms with Crippen molar-refractivity contribution < 1.29 is 0 Å². The maximum absolute atomic E-state index is 3.42. The Bertz CT molecular complexity index is 134. The van der Waals surface area contributed by atoms with Crippen LogP contribution in [0, 0.1) is 11.8 Å². The van der Waals surface area contributed by atoms with E-state index in [1.54, 1.807) is 0 Å². The molecule has 1 nitrogen and oxygen atoms in total. The Hall–Kier alpha value is -0.300. The lowest BCUT2D eigenvalue weighted by Gasteiger charge is -2.08. The van der Waals surface area contributed by atoms with Gasteiger partial charge >= 0.3 is 0 Å². The van der Waals surface area contributed by atoms with Crippen LogP contribution in [0.25, 0.3) is 0 Å². The lowest BCUT2D eigenvalue weighted by molar-refractivity contribution is 0.570. The van der Waals surface area contributed by atoms with Crippen LogP contribution < -0.4 is 5.32 Å². The summed E-state index contributed by atoms with van der Waals surface area (Å²) >= 11 is 0. The van der Waals surface area contributed by atoms with Crippen molar-refractivity contribution in [3.8, 4) is 0 Å². The lowest BCUT2D eigenvalue weighted by atomic mass is 10.1. The molecule has 0 saturated heterocycles. The molecule has 0 aliphatic rings. The molecule has 12 heavy (non-hydrogen) atoms. The summed E-state index contributed by atoms with van der Waals surface area (Å²) in [5.74, 6) is 1.42. The minimum Gasteiger partial charge on any atom is -0.313 e. The van der Waals surface area contributed by atoms with Crippen molar-refractivity contribution in [2.24, 2.45) is 11.8 Å². The van der Waals surface area contributed by atoms with Gasteiger partial charge in [0.1, 0.15) is 0 Å². The van der Waals surface area contributed by atoms with Gasteiger partial charge in [-0.1, -0.05) is 39.3 Å². The Morgan fingerprint density at radius 3 is 2.25 bits per heavy atom. The molecule has 0 aromatic carbocycles. The van der Waals surface area contributed by atoms with E-state index in [2.05, 4.69) is 46.0 Å². The summed E-state index contributed by atoms with van der Waals surface area (Å²) in [6.45, 7) is 13.2. The molecule has 0 rings (SSSR count). The van der Waals surface area contributed by atoms with Gasteiger partial charge in [-0.05, 0) is 25.3 Å². The second kappa shape index (κ2) is 6.24. The molecule has 0 spiro atoms. The fraction of sp³-hybridized carbons (Fsp3) is 0.818. The summed E-state index contributed by atoms with van der Waals surface area (Å²) in [7, 11) is 0. The predicted octanol–water partition coefficient (Wildman–Crippen LogP) is 2.83. The lowest BCUT2D eigenvalue weighted by Crippen LogP contribution is -2.21. The summed E-state index contributed by atoms with van der Waals surface area (Å²) in [5, 5.41) is 3.42. The van der Waals surface area contributed by atoms with Crippen molar-refractivity contribution in [2.45, 2.75) is 34.6 Å². The number of rotatable bonds is 5. The monoisotopic (exact) mass is 169 g/mol. The van der Waals surface area contributed by atoms with E-state index in [0.717, 1.165) is 19.0 Å². The van der Waals surface area contributed by atoms with Gasteiger partial charge in [-0.15, -0.1) is 0 Å². The zero-order chi connectivity index (χ0) is 9.56. The third-order valence-corrected chi connectivity index (χ3v) is 1.57. The van der Waals surface area contributed by atoms with Crippen molar-refractivity contribution >= 4 is 0 Å². The zero-order valence-electron chi connectivity index (χ0n) is 9.15. The molecule has 0 atom stereocenters. The highest BCUT2D eigenvalue weighted by Crippen LogP contribution is 2.00. The Kier molecular flexibility index (Phi) is 6.09. The first-order valence-electron chi connectivity index (χ1n) is 4.90. The van der Waals surface area contributed by atoms with E-state index in [0.29, 0.717) is 5.92 Å². The van der Waals surface area contributed by atoms with E-state index in [-0.39, 0.29) is 0 Å². The number of hydrogen-bond acceptors (Lipinski definition) is 1. The zero-order valence-corrected chi connectivity index (χ0v) is 9.15.